The Kier molecular flexibility index (Phi) is 8.65. The van der Waals surface area contributed by atoms with Crippen molar-refractivity contribution < 1.29 is 32.2 Å². The molecule has 3 heterocycles. The molecule has 9 nitrogen and oxygen atoms in total. The number of ether oxygens (including phenoxy) is 2. The Bertz CT molecular complexity index is 1290. The summed E-state index contributed by atoms with van der Waals surface area (Å²) in [5, 5.41) is 4.91. The first-order chi connectivity index (χ1) is 18.6. The van der Waals surface area contributed by atoms with Gasteiger partial charge in [0.2, 0.25) is 5.82 Å². The summed E-state index contributed by atoms with van der Waals surface area (Å²) in [5.41, 5.74) is 0.783. The second-order valence-electron chi connectivity index (χ2n) is 9.24. The molecule has 0 N–H and O–H groups in total. The van der Waals surface area contributed by atoms with E-state index in [1.807, 2.05) is 4.90 Å². The molecule has 39 heavy (non-hydrogen) atoms. The Morgan fingerprint density at radius 1 is 1.31 bits per heavy atom. The molecular formula is C26H29ClF3N5O4. The van der Waals surface area contributed by atoms with Crippen LogP contribution in [0, 0.1) is 0 Å². The fourth-order valence-corrected chi connectivity index (χ4v) is 5.05. The van der Waals surface area contributed by atoms with Crippen LogP contribution in [0.5, 0.6) is 0 Å². The summed E-state index contributed by atoms with van der Waals surface area (Å²) < 4.78 is 52.9. The third kappa shape index (κ3) is 5.96. The molecule has 1 aromatic heterocycles. The van der Waals surface area contributed by atoms with Gasteiger partial charge in [0.05, 0.1) is 31.5 Å². The Hall–Kier alpha value is -3.38. The molecule has 1 fully saturated rings. The van der Waals surface area contributed by atoms with Gasteiger partial charge in [-0.1, -0.05) is 29.8 Å². The molecule has 0 radical (unpaired) electrons. The number of amides is 1. The summed E-state index contributed by atoms with van der Waals surface area (Å²) in [7, 11) is 1.18. The average molecular weight is 568 g/mol. The van der Waals surface area contributed by atoms with E-state index in [4.69, 9.17) is 21.1 Å². The standard InChI is InChI=1S/C26H29ClF3N5O4/c1-16(22(27)24(36)35(31-2)21-10-6-7-13-39-21)33-12-11-20-19(15-33)32-23(25(37)38-3)34(20)14-17-8-4-5-9-18(17)26(28,29)30/h4-5,8-9,21H,2,6-7,10-15H2,1,3H3/b22-16-. The smallest absolute Gasteiger partial charge is 0.416 e. The number of nitrogens with zero attached hydrogens (tertiary/aromatic N) is 5. The molecule has 2 aromatic rings. The summed E-state index contributed by atoms with van der Waals surface area (Å²) in [5.74, 6) is -1.41. The number of alkyl halides is 3. The topological polar surface area (TPSA) is 89.3 Å². The van der Waals surface area contributed by atoms with Gasteiger partial charge in [0, 0.05) is 37.7 Å². The summed E-state index contributed by atoms with van der Waals surface area (Å²) >= 11 is 6.51. The number of rotatable bonds is 7. The highest BCUT2D eigenvalue weighted by atomic mass is 35.5. The highest BCUT2D eigenvalue weighted by Gasteiger charge is 2.35. The summed E-state index contributed by atoms with van der Waals surface area (Å²) in [4.78, 5) is 31.9. The Morgan fingerprint density at radius 2 is 2.05 bits per heavy atom. The molecule has 2 aliphatic rings. The first-order valence-electron chi connectivity index (χ1n) is 12.4. The van der Waals surface area contributed by atoms with Crippen molar-refractivity contribution in [2.75, 3.05) is 20.3 Å². The van der Waals surface area contributed by atoms with E-state index in [0.29, 0.717) is 43.1 Å². The molecule has 1 atom stereocenters. The van der Waals surface area contributed by atoms with E-state index in [1.165, 1.54) is 29.9 Å². The van der Waals surface area contributed by atoms with Crippen LogP contribution in [0.4, 0.5) is 13.2 Å². The van der Waals surface area contributed by atoms with Crippen LogP contribution in [0.3, 0.4) is 0 Å². The Balaban J connectivity index is 1.63. The number of aromatic nitrogens is 2. The quantitative estimate of drug-likeness (QED) is 0.211. The third-order valence-corrected chi connectivity index (χ3v) is 7.34. The monoisotopic (exact) mass is 567 g/mol. The molecule has 1 amide bonds. The molecule has 13 heteroatoms. The van der Waals surface area contributed by atoms with Crippen molar-refractivity contribution in [1.29, 1.82) is 0 Å². The predicted molar refractivity (Wildman–Crippen MR) is 137 cm³/mol. The van der Waals surface area contributed by atoms with Crippen LogP contribution in [0.2, 0.25) is 0 Å². The number of fused-ring (bicyclic) bond motifs is 1. The Labute approximate surface area is 228 Å². The van der Waals surface area contributed by atoms with Gasteiger partial charge in [0.15, 0.2) is 6.23 Å². The molecule has 0 saturated carbocycles. The Morgan fingerprint density at radius 3 is 2.69 bits per heavy atom. The first kappa shape index (κ1) is 28.6. The highest BCUT2D eigenvalue weighted by Crippen LogP contribution is 2.34. The van der Waals surface area contributed by atoms with Crippen molar-refractivity contribution in [2.24, 2.45) is 5.10 Å². The van der Waals surface area contributed by atoms with Gasteiger partial charge < -0.3 is 18.9 Å². The zero-order chi connectivity index (χ0) is 28.3. The predicted octanol–water partition coefficient (Wildman–Crippen LogP) is 4.54. The maximum atomic E-state index is 13.6. The fraction of sp³-hybridized carbons (Fsp3) is 0.462. The second kappa shape index (κ2) is 11.8. The minimum Gasteiger partial charge on any atom is -0.463 e. The van der Waals surface area contributed by atoms with Crippen LogP contribution < -0.4 is 0 Å². The fourth-order valence-electron chi connectivity index (χ4n) is 4.85. The van der Waals surface area contributed by atoms with Gasteiger partial charge in [-0.15, -0.1) is 0 Å². The number of hydrogen-bond acceptors (Lipinski definition) is 7. The maximum absolute atomic E-state index is 13.6. The third-order valence-electron chi connectivity index (χ3n) is 6.90. The molecule has 0 aliphatic carbocycles. The maximum Gasteiger partial charge on any atom is 0.416 e. The number of hydrogen-bond donors (Lipinski definition) is 0. The number of allylic oxidation sites excluding steroid dienone is 1. The van der Waals surface area contributed by atoms with Gasteiger partial charge in [-0.3, -0.25) is 4.79 Å². The van der Waals surface area contributed by atoms with Crippen molar-refractivity contribution in [1.82, 2.24) is 19.5 Å². The SMILES string of the molecule is C=NN(C(=O)/C(Cl)=C(\C)N1CCc2c(nc(C(=O)OC)n2Cc2ccccc2C(F)(F)F)C1)C1CCCCO1. The average Bonchev–Trinajstić information content (AvgIpc) is 3.29. The van der Waals surface area contributed by atoms with E-state index in [2.05, 4.69) is 16.8 Å². The summed E-state index contributed by atoms with van der Waals surface area (Å²) in [6, 6.07) is 5.21. The number of carbonyl (C=O) groups is 2. The minimum atomic E-state index is -4.55. The van der Waals surface area contributed by atoms with Crippen molar-refractivity contribution >= 4 is 30.2 Å². The van der Waals surface area contributed by atoms with Crippen LogP contribution in [-0.2, 0) is 40.0 Å². The number of methoxy groups -OCH3 is 1. The van der Waals surface area contributed by atoms with Crippen molar-refractivity contribution in [3.05, 3.63) is 63.3 Å². The number of carbonyl (C=O) groups excluding carboxylic acids is 2. The largest absolute Gasteiger partial charge is 0.463 e. The number of imidazole rings is 1. The lowest BCUT2D eigenvalue weighted by molar-refractivity contribution is -0.146. The molecule has 1 aromatic carbocycles. The normalized spacial score (nSPS) is 18.2. The minimum absolute atomic E-state index is 0.00412. The van der Waals surface area contributed by atoms with Crippen LogP contribution in [0.1, 0.15) is 59.3 Å². The van der Waals surface area contributed by atoms with E-state index in [-0.39, 0.29) is 29.5 Å². The van der Waals surface area contributed by atoms with E-state index >= 15 is 0 Å². The number of esters is 1. The lowest BCUT2D eigenvalue weighted by atomic mass is 10.1. The number of benzene rings is 1. The molecule has 0 bridgehead atoms. The van der Waals surface area contributed by atoms with Gasteiger partial charge in [-0.25, -0.2) is 14.8 Å². The first-order valence-corrected chi connectivity index (χ1v) is 12.8. The van der Waals surface area contributed by atoms with Crippen LogP contribution in [0.25, 0.3) is 0 Å². The van der Waals surface area contributed by atoms with E-state index in [1.54, 1.807) is 6.92 Å². The van der Waals surface area contributed by atoms with Crippen LogP contribution >= 0.6 is 11.6 Å². The van der Waals surface area contributed by atoms with Crippen LogP contribution in [0.15, 0.2) is 40.1 Å². The van der Waals surface area contributed by atoms with Gasteiger partial charge in [0.1, 0.15) is 5.03 Å². The van der Waals surface area contributed by atoms with Crippen molar-refractivity contribution in [3.63, 3.8) is 0 Å². The zero-order valence-corrected chi connectivity index (χ0v) is 22.4. The van der Waals surface area contributed by atoms with E-state index < -0.39 is 29.8 Å². The van der Waals surface area contributed by atoms with Gasteiger partial charge in [-0.05, 0) is 37.8 Å². The molecule has 4 rings (SSSR count). The van der Waals surface area contributed by atoms with E-state index in [9.17, 15) is 22.8 Å². The molecule has 2 aliphatic heterocycles. The van der Waals surface area contributed by atoms with E-state index in [0.717, 1.165) is 23.9 Å². The summed E-state index contributed by atoms with van der Waals surface area (Å²) in [6.07, 6.45) is -2.35. The van der Waals surface area contributed by atoms with Crippen molar-refractivity contribution in [3.8, 4) is 0 Å². The van der Waals surface area contributed by atoms with Crippen LogP contribution in [-0.4, -0.2) is 64.5 Å². The summed E-state index contributed by atoms with van der Waals surface area (Å²) in [6.45, 7) is 6.05. The lowest BCUT2D eigenvalue weighted by Crippen LogP contribution is -2.41. The second-order valence-corrected chi connectivity index (χ2v) is 9.62. The molecular weight excluding hydrogens is 539 g/mol. The highest BCUT2D eigenvalue weighted by molar-refractivity contribution is 6.42. The number of halogens is 4. The van der Waals surface area contributed by atoms with Gasteiger partial charge in [0.25, 0.3) is 5.91 Å². The molecule has 210 valence electrons. The number of hydrazone groups is 1. The molecule has 1 saturated heterocycles. The van der Waals surface area contributed by atoms with Gasteiger partial charge in [-0.2, -0.15) is 18.3 Å². The van der Waals surface area contributed by atoms with Gasteiger partial charge >= 0.3 is 12.1 Å². The molecule has 1 unspecified atom stereocenters. The zero-order valence-electron chi connectivity index (χ0n) is 21.6. The molecule has 0 spiro atoms. The lowest BCUT2D eigenvalue weighted by Gasteiger charge is -2.32. The van der Waals surface area contributed by atoms with Crippen molar-refractivity contribution in [2.45, 2.75) is 58.1 Å².